The Balaban J connectivity index is 3.40. The van der Waals surface area contributed by atoms with Crippen LogP contribution >= 0.6 is 0 Å². The van der Waals surface area contributed by atoms with E-state index in [0.29, 0.717) is 19.4 Å². The molecule has 0 saturated heterocycles. The summed E-state index contributed by atoms with van der Waals surface area (Å²) in [4.78, 5) is 24.5. The van der Waals surface area contributed by atoms with Crippen LogP contribution in [0.25, 0.3) is 0 Å². The first kappa shape index (κ1) is 61.1. The van der Waals surface area contributed by atoms with E-state index in [2.05, 4.69) is 43.5 Å². The largest absolute Gasteiger partial charge is 0.466 e. The number of allylic oxidation sites excluding steroid dienone is 5. The van der Waals surface area contributed by atoms with Gasteiger partial charge in [0, 0.05) is 12.8 Å². The van der Waals surface area contributed by atoms with Gasteiger partial charge in [0.25, 0.3) is 0 Å². The molecule has 370 valence electrons. The van der Waals surface area contributed by atoms with Crippen LogP contribution in [0.5, 0.6) is 0 Å². The van der Waals surface area contributed by atoms with Crippen molar-refractivity contribution < 1.29 is 24.5 Å². The second-order valence-electron chi connectivity index (χ2n) is 18.9. The van der Waals surface area contributed by atoms with Crippen LogP contribution in [0.4, 0.5) is 0 Å². The van der Waals surface area contributed by atoms with Crippen LogP contribution in [0.3, 0.4) is 0 Å². The van der Waals surface area contributed by atoms with E-state index in [-0.39, 0.29) is 18.5 Å². The lowest BCUT2D eigenvalue weighted by molar-refractivity contribution is -0.143. The molecule has 0 saturated carbocycles. The van der Waals surface area contributed by atoms with Crippen molar-refractivity contribution in [3.8, 4) is 0 Å². The van der Waals surface area contributed by atoms with E-state index in [9.17, 15) is 19.8 Å². The van der Waals surface area contributed by atoms with Gasteiger partial charge in [-0.05, 0) is 64.2 Å². The number of aliphatic hydroxyl groups excluding tert-OH is 2. The van der Waals surface area contributed by atoms with Crippen LogP contribution in [0.15, 0.2) is 36.5 Å². The van der Waals surface area contributed by atoms with Gasteiger partial charge in [-0.3, -0.25) is 9.59 Å². The third-order valence-electron chi connectivity index (χ3n) is 12.7. The summed E-state index contributed by atoms with van der Waals surface area (Å²) in [6.07, 6.45) is 64.5. The van der Waals surface area contributed by atoms with Gasteiger partial charge in [-0.1, -0.05) is 249 Å². The van der Waals surface area contributed by atoms with Gasteiger partial charge >= 0.3 is 5.97 Å². The Morgan fingerprint density at radius 2 is 0.794 bits per heavy atom. The van der Waals surface area contributed by atoms with Gasteiger partial charge in [0.1, 0.15) is 0 Å². The average Bonchev–Trinajstić information content (AvgIpc) is 3.28. The van der Waals surface area contributed by atoms with E-state index in [4.69, 9.17) is 4.74 Å². The summed E-state index contributed by atoms with van der Waals surface area (Å²) < 4.78 is 5.48. The fraction of sp³-hybridized carbons (Fsp3) is 0.860. The van der Waals surface area contributed by atoms with Crippen molar-refractivity contribution in [2.45, 2.75) is 302 Å². The predicted molar refractivity (Wildman–Crippen MR) is 273 cm³/mol. The maximum Gasteiger partial charge on any atom is 0.305 e. The normalized spacial score (nSPS) is 12.9. The first-order chi connectivity index (χ1) is 31.0. The molecule has 0 rings (SSSR count). The van der Waals surface area contributed by atoms with Crippen LogP contribution in [-0.4, -0.2) is 47.4 Å². The number of hydrogen-bond donors (Lipinski definition) is 3. The number of ether oxygens (including phenoxy) is 1. The quantitative estimate of drug-likeness (QED) is 0.0321. The minimum Gasteiger partial charge on any atom is -0.466 e. The zero-order chi connectivity index (χ0) is 45.8. The molecule has 0 spiro atoms. The Kier molecular flexibility index (Phi) is 51.1. The highest BCUT2D eigenvalue weighted by molar-refractivity contribution is 5.76. The van der Waals surface area contributed by atoms with E-state index < -0.39 is 12.1 Å². The molecule has 0 radical (unpaired) electrons. The number of nitrogens with one attached hydrogen (secondary N) is 1. The van der Waals surface area contributed by atoms with E-state index in [1.165, 1.54) is 212 Å². The molecule has 3 N–H and O–H groups in total. The Morgan fingerprint density at radius 1 is 0.444 bits per heavy atom. The fourth-order valence-electron chi connectivity index (χ4n) is 8.37. The van der Waals surface area contributed by atoms with Crippen molar-refractivity contribution in [2.24, 2.45) is 0 Å². The zero-order valence-electron chi connectivity index (χ0n) is 42.1. The van der Waals surface area contributed by atoms with Crippen LogP contribution in [0.1, 0.15) is 290 Å². The molecule has 6 heteroatoms. The molecule has 0 aliphatic heterocycles. The SMILES string of the molecule is CCCCC/C=C\C/C=C\CCCCCCCCCCCC(=O)OCCCCCCCCCCCCCCCCCCCC(=O)NC(CO)C(O)/C=C/CCCCCCCCCC. The molecule has 63 heavy (non-hydrogen) atoms. The van der Waals surface area contributed by atoms with Crippen LogP contribution in [0, 0.1) is 0 Å². The summed E-state index contributed by atoms with van der Waals surface area (Å²) >= 11 is 0. The number of hydrogen-bond acceptors (Lipinski definition) is 5. The smallest absolute Gasteiger partial charge is 0.305 e. The number of aliphatic hydroxyl groups is 2. The molecule has 0 aliphatic rings. The van der Waals surface area contributed by atoms with Gasteiger partial charge in [-0.2, -0.15) is 0 Å². The molecule has 0 aliphatic carbocycles. The molecule has 1 amide bonds. The van der Waals surface area contributed by atoms with E-state index in [1.807, 2.05) is 6.08 Å². The molecule has 2 atom stereocenters. The number of esters is 1. The first-order valence-electron chi connectivity index (χ1n) is 27.8. The van der Waals surface area contributed by atoms with Crippen molar-refractivity contribution in [2.75, 3.05) is 13.2 Å². The number of rotatable bonds is 51. The van der Waals surface area contributed by atoms with Crippen molar-refractivity contribution >= 4 is 11.9 Å². The number of amides is 1. The lowest BCUT2D eigenvalue weighted by atomic mass is 10.0. The minimum atomic E-state index is -0.846. The van der Waals surface area contributed by atoms with Gasteiger partial charge in [0.15, 0.2) is 0 Å². The standard InChI is InChI=1S/C57H107NO5/c1-3-5-7-9-11-13-15-16-17-18-19-22-25-28-31-35-39-43-47-51-57(62)63-52-48-44-40-36-32-29-26-23-20-21-24-27-30-34-38-42-46-50-56(61)58-54(53-59)55(60)49-45-41-37-33-14-12-10-8-6-4-2/h11,13,16-17,45,49,54-55,59-60H,3-10,12,14-15,18-44,46-48,50-53H2,1-2H3,(H,58,61)/b13-11-,17-16-,49-45+. The minimum absolute atomic E-state index is 0.000130. The van der Waals surface area contributed by atoms with Crippen molar-refractivity contribution in [1.82, 2.24) is 5.32 Å². The van der Waals surface area contributed by atoms with Crippen LogP contribution in [0.2, 0.25) is 0 Å². The summed E-state index contributed by atoms with van der Waals surface area (Å²) in [6, 6.07) is -0.630. The molecule has 0 fully saturated rings. The number of carbonyl (C=O) groups excluding carboxylic acids is 2. The maximum atomic E-state index is 12.4. The fourth-order valence-corrected chi connectivity index (χ4v) is 8.37. The Labute approximate surface area is 392 Å². The van der Waals surface area contributed by atoms with Gasteiger partial charge in [0.05, 0.1) is 25.4 Å². The molecular formula is C57H107NO5. The van der Waals surface area contributed by atoms with Gasteiger partial charge < -0.3 is 20.3 Å². The van der Waals surface area contributed by atoms with E-state index in [1.54, 1.807) is 6.08 Å². The van der Waals surface area contributed by atoms with Gasteiger partial charge in [-0.25, -0.2) is 0 Å². The molecule has 2 unspecified atom stereocenters. The topological polar surface area (TPSA) is 95.9 Å². The van der Waals surface area contributed by atoms with Crippen molar-refractivity contribution in [1.29, 1.82) is 0 Å². The second-order valence-corrected chi connectivity index (χ2v) is 18.9. The van der Waals surface area contributed by atoms with Gasteiger partial charge in [0.2, 0.25) is 5.91 Å². The lowest BCUT2D eigenvalue weighted by Crippen LogP contribution is -2.45. The summed E-state index contributed by atoms with van der Waals surface area (Å²) in [5.74, 6) is -0.0754. The molecular weight excluding hydrogens is 779 g/mol. The molecule has 0 heterocycles. The predicted octanol–water partition coefficient (Wildman–Crippen LogP) is 16.9. The Bertz CT molecular complexity index is 1020. The van der Waals surface area contributed by atoms with E-state index >= 15 is 0 Å². The average molecular weight is 886 g/mol. The van der Waals surface area contributed by atoms with Gasteiger partial charge in [-0.15, -0.1) is 0 Å². The summed E-state index contributed by atoms with van der Waals surface area (Å²) in [7, 11) is 0. The highest BCUT2D eigenvalue weighted by atomic mass is 16.5. The van der Waals surface area contributed by atoms with Crippen molar-refractivity contribution in [3.05, 3.63) is 36.5 Å². The first-order valence-corrected chi connectivity index (χ1v) is 27.8. The summed E-state index contributed by atoms with van der Waals surface area (Å²) in [5.41, 5.74) is 0. The zero-order valence-corrected chi connectivity index (χ0v) is 42.1. The lowest BCUT2D eigenvalue weighted by Gasteiger charge is -2.20. The van der Waals surface area contributed by atoms with Crippen LogP contribution < -0.4 is 5.32 Å². The molecule has 0 aromatic heterocycles. The third-order valence-corrected chi connectivity index (χ3v) is 12.7. The molecule has 6 nitrogen and oxygen atoms in total. The summed E-state index contributed by atoms with van der Waals surface area (Å²) in [6.45, 7) is 4.85. The number of unbranched alkanes of at least 4 members (excludes halogenated alkanes) is 36. The monoisotopic (exact) mass is 886 g/mol. The van der Waals surface area contributed by atoms with Crippen molar-refractivity contribution in [3.63, 3.8) is 0 Å². The highest BCUT2D eigenvalue weighted by Crippen LogP contribution is 2.16. The molecule has 0 aromatic rings. The van der Waals surface area contributed by atoms with E-state index in [0.717, 1.165) is 51.4 Å². The number of carbonyl (C=O) groups is 2. The Morgan fingerprint density at radius 3 is 1.24 bits per heavy atom. The van der Waals surface area contributed by atoms with Crippen LogP contribution in [-0.2, 0) is 14.3 Å². The summed E-state index contributed by atoms with van der Waals surface area (Å²) in [5, 5.41) is 23.0. The third kappa shape index (κ3) is 49.4. The molecule has 0 aromatic carbocycles. The second kappa shape index (κ2) is 52.7. The highest BCUT2D eigenvalue weighted by Gasteiger charge is 2.18. The Hall–Kier alpha value is -1.92. The maximum absolute atomic E-state index is 12.4. The molecule has 0 bridgehead atoms.